The number of nitrogens with one attached hydrogen (secondary N) is 2. The number of hydrogen-bond donors (Lipinski definition) is 3. The van der Waals surface area contributed by atoms with Crippen LogP contribution in [-0.2, 0) is 16.0 Å². The maximum atomic E-state index is 12.0. The second-order valence-electron chi connectivity index (χ2n) is 5.78. The number of fused-ring (bicyclic) bond motifs is 1. The fourth-order valence-electron chi connectivity index (χ4n) is 3.12. The molecule has 3 N–H and O–H groups in total. The van der Waals surface area contributed by atoms with E-state index in [1.807, 2.05) is 24.3 Å². The molecule has 3 rings (SSSR count). The number of amides is 1. The summed E-state index contributed by atoms with van der Waals surface area (Å²) >= 11 is 0. The predicted octanol–water partition coefficient (Wildman–Crippen LogP) is 0.529. The van der Waals surface area contributed by atoms with Crippen LogP contribution in [0.1, 0.15) is 30.0 Å². The van der Waals surface area contributed by atoms with Crippen LogP contribution < -0.4 is 10.6 Å². The lowest BCUT2D eigenvalue weighted by Crippen LogP contribution is -2.38. The Kier molecular flexibility index (Phi) is 4.53. The van der Waals surface area contributed by atoms with E-state index in [4.69, 9.17) is 4.74 Å². The van der Waals surface area contributed by atoms with Gasteiger partial charge in [-0.25, -0.2) is 0 Å². The minimum Gasteiger partial charge on any atom is -0.390 e. The molecule has 1 aliphatic carbocycles. The van der Waals surface area contributed by atoms with Crippen LogP contribution in [-0.4, -0.2) is 42.9 Å². The zero-order valence-electron chi connectivity index (χ0n) is 12.0. The summed E-state index contributed by atoms with van der Waals surface area (Å²) in [5, 5.41) is 16.3. The van der Waals surface area contributed by atoms with E-state index in [2.05, 4.69) is 10.6 Å². The molecule has 0 unspecified atom stereocenters. The van der Waals surface area contributed by atoms with Gasteiger partial charge in [-0.15, -0.1) is 0 Å². The molecule has 0 saturated carbocycles. The van der Waals surface area contributed by atoms with E-state index in [-0.39, 0.29) is 24.7 Å². The zero-order chi connectivity index (χ0) is 14.7. The van der Waals surface area contributed by atoms with Crippen molar-refractivity contribution < 1.29 is 14.6 Å². The molecule has 2 atom stereocenters. The number of benzene rings is 1. The van der Waals surface area contributed by atoms with Crippen LogP contribution in [0.5, 0.6) is 0 Å². The molecule has 0 bridgehead atoms. The summed E-state index contributed by atoms with van der Waals surface area (Å²) in [6, 6.07) is 7.53. The maximum absolute atomic E-state index is 12.0. The van der Waals surface area contributed by atoms with Crippen molar-refractivity contribution in [3.05, 3.63) is 35.4 Å². The largest absolute Gasteiger partial charge is 0.390 e. The minimum atomic E-state index is -0.551. The maximum Gasteiger partial charge on any atom is 0.246 e. The molecule has 0 radical (unpaired) electrons. The quantitative estimate of drug-likeness (QED) is 0.756. The molecule has 5 heteroatoms. The van der Waals surface area contributed by atoms with Crippen molar-refractivity contribution in [2.24, 2.45) is 0 Å². The molecule has 5 nitrogen and oxygen atoms in total. The third-order valence-electron chi connectivity index (χ3n) is 4.26. The minimum absolute atomic E-state index is 0.0655. The number of carbonyl (C=O) groups is 1. The van der Waals surface area contributed by atoms with Crippen molar-refractivity contribution in [3.63, 3.8) is 0 Å². The molecule has 0 spiro atoms. The van der Waals surface area contributed by atoms with Gasteiger partial charge in [-0.05, 0) is 37.1 Å². The van der Waals surface area contributed by atoms with E-state index in [9.17, 15) is 9.90 Å². The van der Waals surface area contributed by atoms with Gasteiger partial charge in [-0.1, -0.05) is 24.3 Å². The molecule has 1 saturated heterocycles. The third-order valence-corrected chi connectivity index (χ3v) is 4.26. The highest BCUT2D eigenvalue weighted by Gasteiger charge is 2.31. The molecule has 1 aromatic rings. The first-order valence-corrected chi connectivity index (χ1v) is 7.61. The predicted molar refractivity (Wildman–Crippen MR) is 78.9 cm³/mol. The third kappa shape index (κ3) is 3.43. The SMILES string of the molecule is O=C(COC1CCNCC1)N[C@H]1c2ccccc2C[C@H]1O. The standard InChI is InChI=1S/C16H22N2O3/c19-14-9-11-3-1-2-4-13(11)16(14)18-15(20)10-21-12-5-7-17-8-6-12/h1-4,12,14,16-17,19H,5-10H2,(H,18,20)/t14-,16+/m1/s1. The van der Waals surface area contributed by atoms with E-state index in [1.165, 1.54) is 0 Å². The van der Waals surface area contributed by atoms with Gasteiger partial charge in [0, 0.05) is 6.42 Å². The summed E-state index contributed by atoms with van der Waals surface area (Å²) in [7, 11) is 0. The van der Waals surface area contributed by atoms with E-state index >= 15 is 0 Å². The molecular formula is C16H22N2O3. The lowest BCUT2D eigenvalue weighted by molar-refractivity contribution is -0.129. The van der Waals surface area contributed by atoms with Crippen LogP contribution in [0, 0.1) is 0 Å². The topological polar surface area (TPSA) is 70.6 Å². The summed E-state index contributed by atoms with van der Waals surface area (Å²) in [6.45, 7) is 1.96. The van der Waals surface area contributed by atoms with Gasteiger partial charge in [-0.3, -0.25) is 4.79 Å². The van der Waals surface area contributed by atoms with E-state index < -0.39 is 6.10 Å². The van der Waals surface area contributed by atoms with Crippen molar-refractivity contribution in [1.82, 2.24) is 10.6 Å². The molecule has 114 valence electrons. The first-order chi connectivity index (χ1) is 10.2. The Balaban J connectivity index is 1.52. The Morgan fingerprint density at radius 2 is 2.10 bits per heavy atom. The number of aliphatic hydroxyl groups is 1. The lowest BCUT2D eigenvalue weighted by atomic mass is 10.1. The van der Waals surface area contributed by atoms with Gasteiger partial charge < -0.3 is 20.5 Å². The van der Waals surface area contributed by atoms with Gasteiger partial charge in [0.05, 0.1) is 18.2 Å². The molecule has 1 fully saturated rings. The van der Waals surface area contributed by atoms with E-state index in [0.717, 1.165) is 37.1 Å². The number of aliphatic hydroxyl groups excluding tert-OH is 1. The second kappa shape index (κ2) is 6.56. The highest BCUT2D eigenvalue weighted by Crippen LogP contribution is 2.31. The summed E-state index contributed by atoms with van der Waals surface area (Å²) in [5.41, 5.74) is 2.12. The normalized spacial score (nSPS) is 25.6. The van der Waals surface area contributed by atoms with Gasteiger partial charge in [-0.2, -0.15) is 0 Å². The van der Waals surface area contributed by atoms with Gasteiger partial charge in [0.1, 0.15) is 6.61 Å². The molecule has 1 amide bonds. The van der Waals surface area contributed by atoms with Crippen LogP contribution in [0.4, 0.5) is 0 Å². The van der Waals surface area contributed by atoms with Crippen molar-refractivity contribution in [2.45, 2.75) is 37.5 Å². The van der Waals surface area contributed by atoms with Crippen molar-refractivity contribution in [1.29, 1.82) is 0 Å². The van der Waals surface area contributed by atoms with Crippen LogP contribution in [0.3, 0.4) is 0 Å². The van der Waals surface area contributed by atoms with Gasteiger partial charge in [0.2, 0.25) is 5.91 Å². The smallest absolute Gasteiger partial charge is 0.246 e. The summed E-state index contributed by atoms with van der Waals surface area (Å²) in [6.07, 6.45) is 2.10. The Morgan fingerprint density at radius 1 is 1.33 bits per heavy atom. The van der Waals surface area contributed by atoms with Crippen molar-refractivity contribution in [3.8, 4) is 0 Å². The van der Waals surface area contributed by atoms with E-state index in [1.54, 1.807) is 0 Å². The molecule has 1 aliphatic heterocycles. The molecule has 1 aromatic carbocycles. The number of hydrogen-bond acceptors (Lipinski definition) is 4. The summed E-state index contributed by atoms with van der Waals surface area (Å²) < 4.78 is 5.64. The molecular weight excluding hydrogens is 268 g/mol. The second-order valence-corrected chi connectivity index (χ2v) is 5.78. The zero-order valence-corrected chi connectivity index (χ0v) is 12.0. The van der Waals surface area contributed by atoms with Gasteiger partial charge >= 0.3 is 0 Å². The number of carbonyl (C=O) groups excluding carboxylic acids is 1. The van der Waals surface area contributed by atoms with Crippen molar-refractivity contribution >= 4 is 5.91 Å². The molecule has 1 heterocycles. The highest BCUT2D eigenvalue weighted by molar-refractivity contribution is 5.78. The van der Waals surface area contributed by atoms with Crippen molar-refractivity contribution in [2.75, 3.05) is 19.7 Å². The van der Waals surface area contributed by atoms with Crippen LogP contribution in [0.25, 0.3) is 0 Å². The molecule has 2 aliphatic rings. The fraction of sp³-hybridized carbons (Fsp3) is 0.562. The van der Waals surface area contributed by atoms with Crippen LogP contribution >= 0.6 is 0 Å². The van der Waals surface area contributed by atoms with Gasteiger partial charge in [0.25, 0.3) is 0 Å². The monoisotopic (exact) mass is 290 g/mol. The Bertz CT molecular complexity index is 500. The molecule has 0 aromatic heterocycles. The van der Waals surface area contributed by atoms with Crippen LogP contribution in [0.15, 0.2) is 24.3 Å². The summed E-state index contributed by atoms with van der Waals surface area (Å²) in [4.78, 5) is 12.0. The number of rotatable bonds is 4. The Labute approximate surface area is 124 Å². The van der Waals surface area contributed by atoms with E-state index in [0.29, 0.717) is 6.42 Å². The number of piperidine rings is 1. The fourth-order valence-corrected chi connectivity index (χ4v) is 3.12. The molecule has 21 heavy (non-hydrogen) atoms. The Morgan fingerprint density at radius 3 is 2.90 bits per heavy atom. The summed E-state index contributed by atoms with van der Waals surface area (Å²) in [5.74, 6) is -0.158. The average molecular weight is 290 g/mol. The average Bonchev–Trinajstić information content (AvgIpc) is 2.82. The highest BCUT2D eigenvalue weighted by atomic mass is 16.5. The first-order valence-electron chi connectivity index (χ1n) is 7.61. The lowest BCUT2D eigenvalue weighted by Gasteiger charge is -2.23. The van der Waals surface area contributed by atoms with Crippen LogP contribution in [0.2, 0.25) is 0 Å². The first kappa shape index (κ1) is 14.5. The van der Waals surface area contributed by atoms with Gasteiger partial charge in [0.15, 0.2) is 0 Å². The number of ether oxygens (including phenoxy) is 1. The Hall–Kier alpha value is -1.43.